The summed E-state index contributed by atoms with van der Waals surface area (Å²) in [5, 5.41) is 0.913. The van der Waals surface area contributed by atoms with Gasteiger partial charge in [-0.3, -0.25) is 4.72 Å². The maximum atomic E-state index is 12.6. The number of hydrogen-bond acceptors (Lipinski definition) is 5. The number of halogens is 2. The summed E-state index contributed by atoms with van der Waals surface area (Å²) >= 11 is 10.8. The molecule has 6 nitrogen and oxygen atoms in total. The zero-order chi connectivity index (χ0) is 16.2. The van der Waals surface area contributed by atoms with E-state index in [-0.39, 0.29) is 10.7 Å². The third-order valence-electron chi connectivity index (χ3n) is 3.59. The predicted molar refractivity (Wildman–Crippen MR) is 93.7 cm³/mol. The van der Waals surface area contributed by atoms with E-state index in [0.717, 1.165) is 17.7 Å². The van der Waals surface area contributed by atoms with Gasteiger partial charge in [-0.1, -0.05) is 11.6 Å². The number of anilines is 1. The van der Waals surface area contributed by atoms with Crippen LogP contribution >= 0.6 is 39.1 Å². The summed E-state index contributed by atoms with van der Waals surface area (Å²) in [6.45, 7) is 0. The standard InChI is InChI=1S/C13H10BrClN4O2S2/c14-9-4-3-7-8(5-16-12(7)17-9)23(20,21)19-13-10(15)11(22-18-13)6-1-2-6/h3-6H,1-2H2,(H,16,17)(H,18,19). The first-order chi connectivity index (χ1) is 11.0. The van der Waals surface area contributed by atoms with Gasteiger partial charge in [-0.2, -0.15) is 4.37 Å². The molecule has 3 heterocycles. The van der Waals surface area contributed by atoms with Crippen molar-refractivity contribution in [1.29, 1.82) is 0 Å². The number of H-pyrrole nitrogens is 1. The van der Waals surface area contributed by atoms with Crippen LogP contribution in [0.15, 0.2) is 27.8 Å². The summed E-state index contributed by atoms with van der Waals surface area (Å²) in [6, 6.07) is 3.38. The number of hydrogen-bond donors (Lipinski definition) is 2. The topological polar surface area (TPSA) is 87.7 Å². The molecule has 3 aromatic heterocycles. The van der Waals surface area contributed by atoms with Crippen molar-refractivity contribution in [3.63, 3.8) is 0 Å². The first kappa shape index (κ1) is 15.4. The highest BCUT2D eigenvalue weighted by Crippen LogP contribution is 2.47. The Balaban J connectivity index is 1.72. The van der Waals surface area contributed by atoms with E-state index in [1.165, 1.54) is 17.7 Å². The molecule has 3 aromatic rings. The molecule has 0 saturated heterocycles. The Morgan fingerprint density at radius 3 is 2.91 bits per heavy atom. The number of aromatic nitrogens is 3. The quantitative estimate of drug-likeness (QED) is 0.606. The first-order valence-corrected chi connectivity index (χ1v) is 10.2. The summed E-state index contributed by atoms with van der Waals surface area (Å²) in [5.74, 6) is 0.617. The van der Waals surface area contributed by atoms with Crippen LogP contribution in [0.4, 0.5) is 5.82 Å². The van der Waals surface area contributed by atoms with Crippen LogP contribution in [0.3, 0.4) is 0 Å². The molecule has 1 aliphatic rings. The number of rotatable bonds is 4. The molecule has 1 fully saturated rings. The summed E-state index contributed by atoms with van der Waals surface area (Å²) < 4.78 is 32.5. The lowest BCUT2D eigenvalue weighted by atomic mass is 10.3. The first-order valence-electron chi connectivity index (χ1n) is 6.77. The molecule has 0 aliphatic heterocycles. The van der Waals surface area contributed by atoms with Crippen molar-refractivity contribution in [2.24, 2.45) is 0 Å². The van der Waals surface area contributed by atoms with Gasteiger partial charge < -0.3 is 4.98 Å². The Morgan fingerprint density at radius 2 is 2.17 bits per heavy atom. The van der Waals surface area contributed by atoms with Gasteiger partial charge in [-0.05, 0) is 58.4 Å². The van der Waals surface area contributed by atoms with Gasteiger partial charge in [0.25, 0.3) is 10.0 Å². The Morgan fingerprint density at radius 1 is 1.39 bits per heavy atom. The molecule has 2 N–H and O–H groups in total. The summed E-state index contributed by atoms with van der Waals surface area (Å²) in [7, 11) is -3.80. The van der Waals surface area contributed by atoms with E-state index in [1.807, 2.05) is 0 Å². The van der Waals surface area contributed by atoms with Crippen molar-refractivity contribution in [2.75, 3.05) is 4.72 Å². The maximum absolute atomic E-state index is 12.6. The van der Waals surface area contributed by atoms with E-state index in [9.17, 15) is 8.42 Å². The van der Waals surface area contributed by atoms with Crippen molar-refractivity contribution in [2.45, 2.75) is 23.7 Å². The van der Waals surface area contributed by atoms with Crippen LogP contribution in [0, 0.1) is 0 Å². The predicted octanol–water partition coefficient (Wildman–Crippen LogP) is 4.11. The van der Waals surface area contributed by atoms with Crippen molar-refractivity contribution in [3.8, 4) is 0 Å². The van der Waals surface area contributed by atoms with E-state index in [0.29, 0.717) is 26.6 Å². The molecule has 0 atom stereocenters. The van der Waals surface area contributed by atoms with E-state index >= 15 is 0 Å². The summed E-state index contributed by atoms with van der Waals surface area (Å²) in [4.78, 5) is 8.13. The number of nitrogens with zero attached hydrogens (tertiary/aromatic N) is 2. The minimum Gasteiger partial charge on any atom is -0.345 e. The Bertz CT molecular complexity index is 1010. The zero-order valence-corrected chi connectivity index (χ0v) is 15.5. The van der Waals surface area contributed by atoms with Crippen LogP contribution in [-0.4, -0.2) is 22.8 Å². The largest absolute Gasteiger partial charge is 0.345 e. The second-order valence-corrected chi connectivity index (χ2v) is 8.92. The van der Waals surface area contributed by atoms with Crippen LogP contribution in [0.5, 0.6) is 0 Å². The monoisotopic (exact) mass is 432 g/mol. The smallest absolute Gasteiger partial charge is 0.265 e. The van der Waals surface area contributed by atoms with E-state index in [4.69, 9.17) is 11.6 Å². The Hall–Kier alpha value is -1.16. The molecule has 120 valence electrons. The molecule has 1 aliphatic carbocycles. The van der Waals surface area contributed by atoms with Crippen molar-refractivity contribution < 1.29 is 8.42 Å². The van der Waals surface area contributed by atoms with Gasteiger partial charge in [0.1, 0.15) is 15.1 Å². The second kappa shape index (κ2) is 5.44. The van der Waals surface area contributed by atoms with Gasteiger partial charge in [0.05, 0.1) is 5.02 Å². The number of aromatic amines is 1. The van der Waals surface area contributed by atoms with Gasteiger partial charge >= 0.3 is 0 Å². The van der Waals surface area contributed by atoms with Crippen LogP contribution in [0.2, 0.25) is 5.02 Å². The van der Waals surface area contributed by atoms with Crippen LogP contribution in [-0.2, 0) is 10.0 Å². The highest BCUT2D eigenvalue weighted by molar-refractivity contribution is 9.10. The van der Waals surface area contributed by atoms with E-state index in [1.54, 1.807) is 12.1 Å². The van der Waals surface area contributed by atoms with Gasteiger partial charge in [0.15, 0.2) is 5.82 Å². The molecule has 23 heavy (non-hydrogen) atoms. The molecule has 0 bridgehead atoms. The molecule has 0 radical (unpaired) electrons. The van der Waals surface area contributed by atoms with Gasteiger partial charge in [0.2, 0.25) is 0 Å². The van der Waals surface area contributed by atoms with Crippen LogP contribution in [0.1, 0.15) is 23.6 Å². The van der Waals surface area contributed by atoms with Crippen molar-refractivity contribution in [1.82, 2.24) is 14.3 Å². The lowest BCUT2D eigenvalue weighted by Crippen LogP contribution is -2.13. The second-order valence-electron chi connectivity index (χ2n) is 5.27. The van der Waals surface area contributed by atoms with Gasteiger partial charge in [-0.25, -0.2) is 13.4 Å². The SMILES string of the molecule is O=S(=O)(Nc1nsc(C2CC2)c1Cl)c1c[nH]c2nc(Br)ccc12. The van der Waals surface area contributed by atoms with Crippen molar-refractivity contribution in [3.05, 3.63) is 32.8 Å². The van der Waals surface area contributed by atoms with Gasteiger partial charge in [-0.15, -0.1) is 0 Å². The van der Waals surface area contributed by atoms with Gasteiger partial charge in [0, 0.05) is 16.5 Å². The van der Waals surface area contributed by atoms with Crippen LogP contribution < -0.4 is 4.72 Å². The summed E-state index contributed by atoms with van der Waals surface area (Å²) in [5.41, 5.74) is 0.489. The maximum Gasteiger partial charge on any atom is 0.265 e. The molecule has 4 rings (SSSR count). The number of nitrogens with one attached hydrogen (secondary N) is 2. The highest BCUT2D eigenvalue weighted by Gasteiger charge is 2.31. The molecule has 0 aromatic carbocycles. The van der Waals surface area contributed by atoms with Crippen molar-refractivity contribution >= 4 is 65.9 Å². The molecule has 0 amide bonds. The fourth-order valence-electron chi connectivity index (χ4n) is 2.31. The normalized spacial score (nSPS) is 15.2. The lowest BCUT2D eigenvalue weighted by Gasteiger charge is -2.05. The molecule has 1 saturated carbocycles. The van der Waals surface area contributed by atoms with Crippen LogP contribution in [0.25, 0.3) is 11.0 Å². The minimum absolute atomic E-state index is 0.115. The Labute approximate surface area is 149 Å². The lowest BCUT2D eigenvalue weighted by molar-refractivity contribution is 0.602. The molecule has 0 spiro atoms. The third kappa shape index (κ3) is 2.75. The fourth-order valence-corrected chi connectivity index (χ4v) is 5.20. The average Bonchev–Trinajstić information content (AvgIpc) is 3.15. The fraction of sp³-hybridized carbons (Fsp3) is 0.231. The average molecular weight is 434 g/mol. The number of fused-ring (bicyclic) bond motifs is 1. The zero-order valence-electron chi connectivity index (χ0n) is 11.5. The third-order valence-corrected chi connectivity index (χ3v) is 6.92. The number of pyridine rings is 1. The Kier molecular flexibility index (Phi) is 3.63. The van der Waals surface area contributed by atoms with E-state index < -0.39 is 10.0 Å². The molecular formula is C13H10BrClN4O2S2. The van der Waals surface area contributed by atoms with E-state index in [2.05, 4.69) is 35.0 Å². The molecule has 10 heteroatoms. The highest BCUT2D eigenvalue weighted by atomic mass is 79.9. The molecular weight excluding hydrogens is 424 g/mol. The molecule has 0 unspecified atom stereocenters. The number of sulfonamides is 1. The summed E-state index contributed by atoms with van der Waals surface area (Å²) in [6.07, 6.45) is 3.57. The minimum atomic E-state index is -3.80.